The van der Waals surface area contributed by atoms with Gasteiger partial charge in [0.2, 0.25) is 6.21 Å². The fourth-order valence-electron chi connectivity index (χ4n) is 2.37. The third kappa shape index (κ3) is 4.64. The molecule has 0 fully saturated rings. The quantitative estimate of drug-likeness (QED) is 0.186. The van der Waals surface area contributed by atoms with Crippen molar-refractivity contribution in [2.24, 2.45) is 0 Å². The van der Waals surface area contributed by atoms with Crippen LogP contribution in [0.4, 0.5) is 4.79 Å². The van der Waals surface area contributed by atoms with Crippen LogP contribution >= 0.6 is 11.8 Å². The summed E-state index contributed by atoms with van der Waals surface area (Å²) in [6.07, 6.45) is 2.01. The standard InChI is InChI=1S/C19H19NO4S/c1-3-14-25-19(16-10-6-4-7-11-16,17-12-8-5-9-13-17)15-20(22)24-18(21)23-2/h3-13,15H,1,14H2,2H3/b20-15+. The largest absolute Gasteiger partial charge is 0.456 e. The van der Waals surface area contributed by atoms with Gasteiger partial charge in [-0.15, -0.1) is 18.3 Å². The molecule has 0 aliphatic carbocycles. The summed E-state index contributed by atoms with van der Waals surface area (Å²) >= 11 is 1.49. The van der Waals surface area contributed by atoms with E-state index in [1.807, 2.05) is 60.7 Å². The van der Waals surface area contributed by atoms with Crippen LogP contribution in [0.1, 0.15) is 11.1 Å². The minimum atomic E-state index is -1.07. The molecule has 0 saturated heterocycles. The van der Waals surface area contributed by atoms with E-state index in [4.69, 9.17) is 0 Å². The molecular formula is C19H19NO4S. The SMILES string of the molecule is C=CCSC(/C=[N+](\[O-])OC(=O)OC)(c1ccccc1)c1ccccc1. The Balaban J connectivity index is 2.60. The predicted octanol–water partition coefficient (Wildman–Crippen LogP) is 4.13. The first-order valence-electron chi connectivity index (χ1n) is 7.56. The number of rotatable bonds is 7. The molecule has 0 N–H and O–H groups in total. The predicted molar refractivity (Wildman–Crippen MR) is 99.5 cm³/mol. The van der Waals surface area contributed by atoms with Gasteiger partial charge in [0, 0.05) is 10.7 Å². The number of carbonyl (C=O) groups excluding carboxylic acids is 1. The summed E-state index contributed by atoms with van der Waals surface area (Å²) in [5.74, 6) is 0.590. The molecular weight excluding hydrogens is 338 g/mol. The highest BCUT2D eigenvalue weighted by atomic mass is 32.2. The van der Waals surface area contributed by atoms with Crippen molar-refractivity contribution < 1.29 is 19.3 Å². The Hall–Kier alpha value is -2.73. The molecule has 0 aromatic heterocycles. The van der Waals surface area contributed by atoms with E-state index in [0.29, 0.717) is 5.75 Å². The first kappa shape index (κ1) is 18.6. The van der Waals surface area contributed by atoms with E-state index in [0.717, 1.165) is 18.2 Å². The summed E-state index contributed by atoms with van der Waals surface area (Å²) in [6.45, 7) is 3.76. The third-order valence-corrected chi connectivity index (χ3v) is 4.89. The van der Waals surface area contributed by atoms with Gasteiger partial charge in [0.25, 0.3) is 0 Å². The van der Waals surface area contributed by atoms with Gasteiger partial charge in [0.1, 0.15) is 4.75 Å². The van der Waals surface area contributed by atoms with E-state index in [1.165, 1.54) is 18.0 Å². The maximum absolute atomic E-state index is 12.2. The van der Waals surface area contributed by atoms with Crippen molar-refractivity contribution in [1.82, 2.24) is 0 Å². The Morgan fingerprint density at radius 3 is 2.12 bits per heavy atom. The van der Waals surface area contributed by atoms with Crippen molar-refractivity contribution in [2.75, 3.05) is 12.9 Å². The normalized spacial score (nSPS) is 11.6. The van der Waals surface area contributed by atoms with Crippen LogP contribution in [0.25, 0.3) is 0 Å². The summed E-state index contributed by atoms with van der Waals surface area (Å²) in [5, 5.41) is 12.2. The molecule has 0 saturated carbocycles. The van der Waals surface area contributed by atoms with Crippen molar-refractivity contribution in [3.8, 4) is 0 Å². The van der Waals surface area contributed by atoms with Gasteiger partial charge >= 0.3 is 6.16 Å². The number of hydrogen-bond donors (Lipinski definition) is 0. The average molecular weight is 357 g/mol. The van der Waals surface area contributed by atoms with Crippen LogP contribution in [-0.2, 0) is 14.3 Å². The zero-order valence-electron chi connectivity index (χ0n) is 13.8. The van der Waals surface area contributed by atoms with Gasteiger partial charge in [-0.1, -0.05) is 66.7 Å². The Kier molecular flexibility index (Phi) is 6.65. The van der Waals surface area contributed by atoms with Gasteiger partial charge in [0.05, 0.1) is 7.11 Å². The molecule has 0 spiro atoms. The van der Waals surface area contributed by atoms with Gasteiger partial charge in [-0.2, -0.15) is 0 Å². The van der Waals surface area contributed by atoms with Crippen LogP contribution in [0.15, 0.2) is 73.3 Å². The number of benzene rings is 2. The molecule has 2 rings (SSSR count). The molecule has 25 heavy (non-hydrogen) atoms. The molecule has 0 aliphatic heterocycles. The second-order valence-electron chi connectivity index (χ2n) is 5.03. The number of hydrogen-bond acceptors (Lipinski definition) is 5. The minimum absolute atomic E-state index is 0.141. The van der Waals surface area contributed by atoms with Crippen LogP contribution in [0.2, 0.25) is 0 Å². The number of methoxy groups -OCH3 is 1. The second-order valence-corrected chi connectivity index (χ2v) is 6.29. The van der Waals surface area contributed by atoms with Gasteiger partial charge in [-0.3, -0.25) is 10.0 Å². The van der Waals surface area contributed by atoms with Gasteiger partial charge < -0.3 is 4.74 Å². The van der Waals surface area contributed by atoms with E-state index in [9.17, 15) is 10.0 Å². The van der Waals surface area contributed by atoms with E-state index in [2.05, 4.69) is 16.2 Å². The topological polar surface area (TPSA) is 61.6 Å². The van der Waals surface area contributed by atoms with Gasteiger partial charge in [-0.05, 0) is 11.1 Å². The lowest BCUT2D eigenvalue weighted by molar-refractivity contribution is -0.711. The van der Waals surface area contributed by atoms with Gasteiger partial charge in [0.15, 0.2) is 0 Å². The zero-order valence-corrected chi connectivity index (χ0v) is 14.6. The van der Waals surface area contributed by atoms with Crippen molar-refractivity contribution in [1.29, 1.82) is 0 Å². The molecule has 2 aromatic carbocycles. The lowest BCUT2D eigenvalue weighted by Gasteiger charge is -2.28. The number of nitrogens with zero attached hydrogens (tertiary/aromatic N) is 1. The number of ether oxygens (including phenoxy) is 1. The Morgan fingerprint density at radius 1 is 1.16 bits per heavy atom. The van der Waals surface area contributed by atoms with Crippen LogP contribution < -0.4 is 0 Å². The fraction of sp³-hybridized carbons (Fsp3) is 0.158. The first-order chi connectivity index (χ1) is 12.1. The lowest BCUT2D eigenvalue weighted by atomic mass is 9.91. The lowest BCUT2D eigenvalue weighted by Crippen LogP contribution is -2.31. The Bertz CT molecular complexity index is 692. The summed E-state index contributed by atoms with van der Waals surface area (Å²) in [7, 11) is 1.14. The van der Waals surface area contributed by atoms with Crippen LogP contribution in [0.3, 0.4) is 0 Å². The maximum Gasteiger partial charge on any atom is 0.438 e. The van der Waals surface area contributed by atoms with Crippen molar-refractivity contribution in [3.63, 3.8) is 0 Å². The molecule has 0 unspecified atom stereocenters. The summed E-state index contributed by atoms with van der Waals surface area (Å²) in [6, 6.07) is 19.1. The first-order valence-corrected chi connectivity index (χ1v) is 8.55. The summed E-state index contributed by atoms with van der Waals surface area (Å²) in [4.78, 5) is 16.0. The van der Waals surface area contributed by atoms with Gasteiger partial charge in [-0.25, -0.2) is 4.79 Å². The Labute approximate surface area is 151 Å². The molecule has 2 aromatic rings. The van der Waals surface area contributed by atoms with E-state index in [-0.39, 0.29) is 4.90 Å². The smallest absolute Gasteiger partial charge is 0.438 e. The molecule has 0 aliphatic rings. The summed E-state index contributed by atoms with van der Waals surface area (Å²) in [5.41, 5.74) is 1.75. The number of carbonyl (C=O) groups is 1. The average Bonchev–Trinajstić information content (AvgIpc) is 2.66. The zero-order chi connectivity index (χ0) is 18.1. The van der Waals surface area contributed by atoms with E-state index < -0.39 is 10.9 Å². The molecule has 6 heteroatoms. The van der Waals surface area contributed by atoms with Crippen LogP contribution in [0, 0.1) is 5.21 Å². The van der Waals surface area contributed by atoms with E-state index in [1.54, 1.807) is 6.08 Å². The van der Waals surface area contributed by atoms with E-state index >= 15 is 0 Å². The molecule has 5 nitrogen and oxygen atoms in total. The molecule has 0 radical (unpaired) electrons. The molecule has 0 amide bonds. The molecule has 130 valence electrons. The van der Waals surface area contributed by atoms with Crippen molar-refractivity contribution >= 4 is 24.1 Å². The third-order valence-electron chi connectivity index (χ3n) is 3.45. The highest BCUT2D eigenvalue weighted by Gasteiger charge is 2.38. The van der Waals surface area contributed by atoms with Crippen molar-refractivity contribution in [2.45, 2.75) is 4.75 Å². The monoisotopic (exact) mass is 357 g/mol. The fourth-order valence-corrected chi connectivity index (χ4v) is 3.51. The molecule has 0 bridgehead atoms. The molecule has 0 heterocycles. The maximum atomic E-state index is 12.2. The highest BCUT2D eigenvalue weighted by molar-refractivity contribution is 8.01. The second kappa shape index (κ2) is 8.94. The number of thioether (sulfide) groups is 1. The highest BCUT2D eigenvalue weighted by Crippen LogP contribution is 2.41. The minimum Gasteiger partial charge on any atom is -0.456 e. The van der Waals surface area contributed by atoms with Crippen LogP contribution in [-0.4, -0.2) is 30.1 Å². The summed E-state index contributed by atoms with van der Waals surface area (Å²) < 4.78 is 3.53. The molecule has 0 atom stereocenters. The Morgan fingerprint density at radius 2 is 1.68 bits per heavy atom. The van der Waals surface area contributed by atoms with Crippen molar-refractivity contribution in [3.05, 3.63) is 89.7 Å². The van der Waals surface area contributed by atoms with Crippen LogP contribution in [0.5, 0.6) is 0 Å².